The van der Waals surface area contributed by atoms with Crippen molar-refractivity contribution in [1.82, 2.24) is 9.96 Å². The van der Waals surface area contributed by atoms with Crippen molar-refractivity contribution in [3.63, 3.8) is 0 Å². The van der Waals surface area contributed by atoms with E-state index in [0.717, 1.165) is 13.0 Å². The fraction of sp³-hybridized carbons (Fsp3) is 0.300. The highest BCUT2D eigenvalue weighted by Crippen LogP contribution is 2.23. The first kappa shape index (κ1) is 12.0. The van der Waals surface area contributed by atoms with Crippen molar-refractivity contribution in [2.75, 3.05) is 0 Å². The summed E-state index contributed by atoms with van der Waals surface area (Å²) in [5.41, 5.74) is -0.381. The average molecular weight is 252 g/mol. The summed E-state index contributed by atoms with van der Waals surface area (Å²) in [6.07, 6.45) is 0.781. The Hall–Kier alpha value is -2.51. The maximum atomic E-state index is 11.7. The lowest BCUT2D eigenvalue weighted by atomic mass is 10.4. The number of rotatable bonds is 2. The number of hydrogen-bond acceptors (Lipinski definition) is 6. The lowest BCUT2D eigenvalue weighted by Crippen LogP contribution is -2.38. The molecule has 0 atom stereocenters. The van der Waals surface area contributed by atoms with Gasteiger partial charge in [0, 0.05) is 25.8 Å². The number of likely N-dealkylation sites (tertiary alicyclic amines) is 1. The van der Waals surface area contributed by atoms with Crippen molar-refractivity contribution < 1.29 is 28.8 Å². The zero-order valence-electron chi connectivity index (χ0n) is 9.34. The second-order valence-electron chi connectivity index (χ2n) is 3.67. The summed E-state index contributed by atoms with van der Waals surface area (Å²) in [6.45, 7) is 1.02. The van der Waals surface area contributed by atoms with E-state index in [2.05, 4.69) is 4.84 Å². The summed E-state index contributed by atoms with van der Waals surface area (Å²) in [5.74, 6) is -3.88. The number of hydrogen-bond donors (Lipinski definition) is 0. The van der Waals surface area contributed by atoms with Gasteiger partial charge in [-0.3, -0.25) is 19.2 Å². The summed E-state index contributed by atoms with van der Waals surface area (Å²) in [7, 11) is 0. The molecule has 0 aromatic rings. The minimum absolute atomic E-state index is 0.00872. The molecule has 0 spiro atoms. The monoisotopic (exact) mass is 252 g/mol. The van der Waals surface area contributed by atoms with Crippen LogP contribution in [0.15, 0.2) is 11.8 Å². The van der Waals surface area contributed by atoms with Crippen LogP contribution in [-0.4, -0.2) is 39.6 Å². The van der Waals surface area contributed by atoms with Gasteiger partial charge in [-0.05, 0) is 0 Å². The number of hydroxylamine groups is 2. The van der Waals surface area contributed by atoms with Gasteiger partial charge in [0.1, 0.15) is 5.70 Å². The molecule has 0 aromatic carbocycles. The van der Waals surface area contributed by atoms with Gasteiger partial charge in [0.2, 0.25) is 11.8 Å². The lowest BCUT2D eigenvalue weighted by Gasteiger charge is -2.15. The van der Waals surface area contributed by atoms with Crippen LogP contribution in [0.25, 0.3) is 0 Å². The summed E-state index contributed by atoms with van der Waals surface area (Å²) in [5, 5.41) is 0.219. The molecule has 4 amide bonds. The lowest BCUT2D eigenvalue weighted by molar-refractivity contribution is -0.195. The van der Waals surface area contributed by atoms with E-state index in [9.17, 15) is 24.0 Å². The first-order chi connectivity index (χ1) is 8.41. The molecule has 0 N–H and O–H groups in total. The summed E-state index contributed by atoms with van der Waals surface area (Å²) >= 11 is 0. The molecule has 18 heavy (non-hydrogen) atoms. The Balaban J connectivity index is 2.26. The molecule has 2 aliphatic rings. The van der Waals surface area contributed by atoms with E-state index >= 15 is 0 Å². The molecule has 0 unspecified atom stereocenters. The Morgan fingerprint density at radius 3 is 2.22 bits per heavy atom. The summed E-state index contributed by atoms with van der Waals surface area (Å²) in [4.78, 5) is 61.7. The molecule has 0 bridgehead atoms. The third kappa shape index (κ3) is 1.77. The minimum atomic E-state index is -1.00. The molecule has 0 aliphatic carbocycles. The number of imide groups is 2. The topological polar surface area (TPSA) is 101 Å². The summed E-state index contributed by atoms with van der Waals surface area (Å²) in [6, 6.07) is 0. The molecule has 0 aromatic heterocycles. The molecule has 1 fully saturated rings. The second-order valence-corrected chi connectivity index (χ2v) is 3.67. The average Bonchev–Trinajstić information content (AvgIpc) is 2.73. The van der Waals surface area contributed by atoms with E-state index < -0.39 is 29.6 Å². The van der Waals surface area contributed by atoms with Crippen LogP contribution < -0.4 is 0 Å². The van der Waals surface area contributed by atoms with Crippen LogP contribution in [0.2, 0.25) is 0 Å². The van der Waals surface area contributed by atoms with Crippen molar-refractivity contribution in [3.8, 4) is 0 Å². The van der Waals surface area contributed by atoms with Gasteiger partial charge in [-0.1, -0.05) is 5.06 Å². The molecular formula is C10H8N2O6. The van der Waals surface area contributed by atoms with E-state index in [4.69, 9.17) is 0 Å². The van der Waals surface area contributed by atoms with Gasteiger partial charge in [0.15, 0.2) is 0 Å². The normalized spacial score (nSPS) is 19.7. The van der Waals surface area contributed by atoms with Crippen LogP contribution in [0.1, 0.15) is 19.8 Å². The molecule has 1 saturated heterocycles. The SMILES string of the molecule is CC(=O)ON1C(=O)C=C(N2C(=O)CCC2=O)C1=O. The van der Waals surface area contributed by atoms with Gasteiger partial charge >= 0.3 is 11.9 Å². The van der Waals surface area contributed by atoms with E-state index in [1.54, 1.807) is 0 Å². The number of amides is 4. The Morgan fingerprint density at radius 2 is 1.72 bits per heavy atom. The van der Waals surface area contributed by atoms with Gasteiger partial charge in [-0.15, -0.1) is 0 Å². The quantitative estimate of drug-likeness (QED) is 0.576. The zero-order valence-corrected chi connectivity index (χ0v) is 9.34. The maximum absolute atomic E-state index is 11.7. The van der Waals surface area contributed by atoms with E-state index in [-0.39, 0.29) is 23.6 Å². The van der Waals surface area contributed by atoms with Crippen molar-refractivity contribution in [2.45, 2.75) is 19.8 Å². The van der Waals surface area contributed by atoms with Crippen molar-refractivity contribution in [3.05, 3.63) is 11.8 Å². The van der Waals surface area contributed by atoms with Gasteiger partial charge in [0.05, 0.1) is 0 Å². The fourth-order valence-electron chi connectivity index (χ4n) is 1.66. The molecule has 8 nitrogen and oxygen atoms in total. The van der Waals surface area contributed by atoms with Crippen LogP contribution in [0.3, 0.4) is 0 Å². The smallest absolute Gasteiger partial charge is 0.330 e. The van der Waals surface area contributed by atoms with Crippen LogP contribution in [0.4, 0.5) is 0 Å². The highest BCUT2D eigenvalue weighted by atomic mass is 16.7. The Labute approximate surface area is 101 Å². The fourth-order valence-corrected chi connectivity index (χ4v) is 1.66. The third-order valence-electron chi connectivity index (χ3n) is 2.38. The minimum Gasteiger partial charge on any atom is -0.330 e. The standard InChI is InChI=1S/C10H8N2O6/c1-5(13)18-12-9(16)4-6(10(12)17)11-7(14)2-3-8(11)15/h4H,2-3H2,1H3. The Bertz CT molecular complexity index is 504. The molecule has 8 heteroatoms. The Morgan fingerprint density at radius 1 is 1.17 bits per heavy atom. The largest absolute Gasteiger partial charge is 0.330 e. The molecule has 0 radical (unpaired) electrons. The van der Waals surface area contributed by atoms with Crippen molar-refractivity contribution in [1.29, 1.82) is 0 Å². The van der Waals surface area contributed by atoms with Crippen LogP contribution in [-0.2, 0) is 28.8 Å². The maximum Gasteiger partial charge on any atom is 0.330 e. The number of carbonyl (C=O) groups is 5. The van der Waals surface area contributed by atoms with Crippen molar-refractivity contribution in [2.24, 2.45) is 0 Å². The van der Waals surface area contributed by atoms with E-state index in [0.29, 0.717) is 4.90 Å². The van der Waals surface area contributed by atoms with E-state index in [1.165, 1.54) is 0 Å². The number of carbonyl (C=O) groups excluding carboxylic acids is 5. The van der Waals surface area contributed by atoms with Crippen LogP contribution in [0, 0.1) is 0 Å². The predicted molar refractivity (Wildman–Crippen MR) is 52.8 cm³/mol. The number of nitrogens with zero attached hydrogens (tertiary/aromatic N) is 2. The first-order valence-electron chi connectivity index (χ1n) is 5.06. The first-order valence-corrected chi connectivity index (χ1v) is 5.06. The molecule has 0 saturated carbocycles. The van der Waals surface area contributed by atoms with Gasteiger partial charge in [-0.25, -0.2) is 9.69 Å². The highest BCUT2D eigenvalue weighted by molar-refractivity contribution is 6.20. The van der Waals surface area contributed by atoms with Crippen LogP contribution >= 0.6 is 0 Å². The van der Waals surface area contributed by atoms with E-state index in [1.807, 2.05) is 0 Å². The molecule has 94 valence electrons. The van der Waals surface area contributed by atoms with Crippen LogP contribution in [0.5, 0.6) is 0 Å². The Kier molecular flexibility index (Phi) is 2.70. The molecule has 2 heterocycles. The summed E-state index contributed by atoms with van der Waals surface area (Å²) < 4.78 is 0. The third-order valence-corrected chi connectivity index (χ3v) is 2.38. The van der Waals surface area contributed by atoms with Gasteiger partial charge < -0.3 is 4.84 Å². The van der Waals surface area contributed by atoms with Gasteiger partial charge in [-0.2, -0.15) is 0 Å². The zero-order chi connectivity index (χ0) is 13.4. The molecular weight excluding hydrogens is 244 g/mol. The van der Waals surface area contributed by atoms with Gasteiger partial charge in [0.25, 0.3) is 5.91 Å². The molecule has 2 aliphatic heterocycles. The highest BCUT2D eigenvalue weighted by Gasteiger charge is 2.43. The molecule has 2 rings (SSSR count). The predicted octanol–water partition coefficient (Wildman–Crippen LogP) is -1.13. The van der Waals surface area contributed by atoms with Crippen molar-refractivity contribution >= 4 is 29.6 Å². The second kappa shape index (κ2) is 4.06.